The number of nitrogens with one attached hydrogen (secondary N) is 1. The van der Waals surface area contributed by atoms with Gasteiger partial charge in [-0.15, -0.1) is 0 Å². The molecular weight excluding hydrogens is 312 g/mol. The molecule has 0 saturated carbocycles. The van der Waals surface area contributed by atoms with Crippen molar-refractivity contribution in [2.24, 2.45) is 5.73 Å². The monoisotopic (exact) mass is 350 g/mol. The van der Waals surface area contributed by atoms with E-state index in [1.807, 2.05) is 0 Å². The van der Waals surface area contributed by atoms with Crippen molar-refractivity contribution in [3.63, 3.8) is 0 Å². The highest BCUT2D eigenvalue weighted by Gasteiger charge is 2.12. The molecule has 0 radical (unpaired) electrons. The van der Waals surface area contributed by atoms with Crippen LogP contribution in [0.4, 0.5) is 4.79 Å². The van der Waals surface area contributed by atoms with Gasteiger partial charge >= 0.3 is 6.03 Å². The van der Waals surface area contributed by atoms with Crippen molar-refractivity contribution in [1.82, 2.24) is 15.1 Å². The molecule has 0 atom stereocenters. The summed E-state index contributed by atoms with van der Waals surface area (Å²) in [5, 5.41) is 2.58. The molecule has 144 valence electrons. The Balaban J connectivity index is 0.000000462. The fourth-order valence-corrected chi connectivity index (χ4v) is 2.78. The topological polar surface area (TPSA) is 61.6 Å². The SMILES string of the molecule is CC(C)N(CCNC(N)=O)C(C)C.CCCN(C)Cc1ccccc1. The summed E-state index contributed by atoms with van der Waals surface area (Å²) >= 11 is 0. The summed E-state index contributed by atoms with van der Waals surface area (Å²) in [5.41, 5.74) is 6.36. The second-order valence-electron chi connectivity index (χ2n) is 6.94. The third-order valence-corrected chi connectivity index (χ3v) is 3.90. The van der Waals surface area contributed by atoms with Crippen LogP contribution in [0.15, 0.2) is 30.3 Å². The van der Waals surface area contributed by atoms with Gasteiger partial charge in [0, 0.05) is 31.7 Å². The van der Waals surface area contributed by atoms with Gasteiger partial charge < -0.3 is 16.0 Å². The molecule has 0 bridgehead atoms. The van der Waals surface area contributed by atoms with Crippen LogP contribution in [0.5, 0.6) is 0 Å². The van der Waals surface area contributed by atoms with Gasteiger partial charge in [0.2, 0.25) is 0 Å². The van der Waals surface area contributed by atoms with E-state index in [4.69, 9.17) is 5.73 Å². The molecule has 0 heterocycles. The Hall–Kier alpha value is -1.59. The first-order valence-electron chi connectivity index (χ1n) is 9.29. The molecule has 5 nitrogen and oxygen atoms in total. The summed E-state index contributed by atoms with van der Waals surface area (Å²) in [4.78, 5) is 15.1. The molecule has 0 aliphatic heterocycles. The fraction of sp³-hybridized carbons (Fsp3) is 0.650. The molecule has 1 aromatic carbocycles. The Morgan fingerprint density at radius 3 is 2.08 bits per heavy atom. The minimum absolute atomic E-state index is 0.451. The number of nitrogens with zero attached hydrogens (tertiary/aromatic N) is 2. The summed E-state index contributed by atoms with van der Waals surface area (Å²) in [6.07, 6.45) is 1.23. The Morgan fingerprint density at radius 1 is 1.08 bits per heavy atom. The third-order valence-electron chi connectivity index (χ3n) is 3.90. The maximum absolute atomic E-state index is 10.4. The zero-order valence-electron chi connectivity index (χ0n) is 17.0. The van der Waals surface area contributed by atoms with E-state index in [2.05, 4.69) is 87.1 Å². The average molecular weight is 351 g/mol. The van der Waals surface area contributed by atoms with Gasteiger partial charge in [0.1, 0.15) is 0 Å². The number of rotatable bonds is 9. The van der Waals surface area contributed by atoms with Crippen molar-refractivity contribution in [2.75, 3.05) is 26.7 Å². The first kappa shape index (κ1) is 23.4. The van der Waals surface area contributed by atoms with Crippen LogP contribution in [-0.4, -0.2) is 54.6 Å². The normalized spacial score (nSPS) is 11.0. The first-order valence-corrected chi connectivity index (χ1v) is 9.29. The molecule has 0 aliphatic rings. The fourth-order valence-electron chi connectivity index (χ4n) is 2.78. The van der Waals surface area contributed by atoms with E-state index in [0.29, 0.717) is 18.6 Å². The highest BCUT2D eigenvalue weighted by molar-refractivity contribution is 5.71. The van der Waals surface area contributed by atoms with Gasteiger partial charge in [-0.2, -0.15) is 0 Å². The van der Waals surface area contributed by atoms with Gasteiger partial charge in [-0.05, 0) is 53.3 Å². The Labute approximate surface area is 154 Å². The Morgan fingerprint density at radius 2 is 1.64 bits per heavy atom. The largest absolute Gasteiger partial charge is 0.352 e. The molecule has 25 heavy (non-hydrogen) atoms. The number of hydrogen-bond acceptors (Lipinski definition) is 3. The van der Waals surface area contributed by atoms with Crippen molar-refractivity contribution in [3.8, 4) is 0 Å². The molecule has 2 amide bonds. The molecule has 0 aliphatic carbocycles. The van der Waals surface area contributed by atoms with Crippen molar-refractivity contribution < 1.29 is 4.79 Å². The zero-order chi connectivity index (χ0) is 19.2. The Kier molecular flexibility index (Phi) is 12.8. The number of urea groups is 1. The van der Waals surface area contributed by atoms with Crippen molar-refractivity contribution in [2.45, 2.75) is 59.7 Å². The number of primary amides is 1. The van der Waals surface area contributed by atoms with Crippen molar-refractivity contribution in [1.29, 1.82) is 0 Å². The summed E-state index contributed by atoms with van der Waals surface area (Å²) in [7, 11) is 2.16. The van der Waals surface area contributed by atoms with E-state index >= 15 is 0 Å². The van der Waals surface area contributed by atoms with Crippen LogP contribution in [0.3, 0.4) is 0 Å². The first-order chi connectivity index (χ1) is 11.8. The smallest absolute Gasteiger partial charge is 0.312 e. The second kappa shape index (κ2) is 13.7. The van der Waals surface area contributed by atoms with Crippen LogP contribution in [-0.2, 0) is 6.54 Å². The number of nitrogens with two attached hydrogens (primary N) is 1. The number of carbonyl (C=O) groups is 1. The van der Waals surface area contributed by atoms with E-state index in [1.54, 1.807) is 0 Å². The molecule has 0 saturated heterocycles. The lowest BCUT2D eigenvalue weighted by atomic mass is 10.2. The summed E-state index contributed by atoms with van der Waals surface area (Å²) in [6, 6.07) is 11.1. The van der Waals surface area contributed by atoms with Gasteiger partial charge in [0.05, 0.1) is 0 Å². The second-order valence-corrected chi connectivity index (χ2v) is 6.94. The van der Waals surface area contributed by atoms with E-state index < -0.39 is 6.03 Å². The van der Waals surface area contributed by atoms with Gasteiger partial charge in [0.15, 0.2) is 0 Å². The van der Waals surface area contributed by atoms with Gasteiger partial charge in [-0.25, -0.2) is 4.79 Å². The van der Waals surface area contributed by atoms with Crippen LogP contribution < -0.4 is 11.1 Å². The standard InChI is InChI=1S/C11H17N.C9H21N3O/c1-3-9-12(2)10-11-7-5-4-6-8-11;1-7(2)12(8(3)4)6-5-11-9(10)13/h4-8H,3,9-10H2,1-2H3;7-8H,5-6H2,1-4H3,(H3,10,11,13). The number of hydrogen-bond donors (Lipinski definition) is 2. The average Bonchev–Trinajstić information content (AvgIpc) is 2.52. The van der Waals surface area contributed by atoms with Crippen molar-refractivity contribution >= 4 is 6.03 Å². The van der Waals surface area contributed by atoms with Crippen LogP contribution in [0.2, 0.25) is 0 Å². The molecule has 0 aromatic heterocycles. The number of carbonyl (C=O) groups excluding carboxylic acids is 1. The molecule has 0 fully saturated rings. The summed E-state index contributed by atoms with van der Waals surface area (Å²) in [6.45, 7) is 14.5. The lowest BCUT2D eigenvalue weighted by molar-refractivity contribution is 0.176. The lowest BCUT2D eigenvalue weighted by Crippen LogP contribution is -2.43. The Bertz CT molecular complexity index is 440. The van der Waals surface area contributed by atoms with Crippen LogP contribution in [0, 0.1) is 0 Å². The minimum Gasteiger partial charge on any atom is -0.352 e. The highest BCUT2D eigenvalue weighted by Crippen LogP contribution is 2.03. The zero-order valence-corrected chi connectivity index (χ0v) is 17.0. The molecule has 3 N–H and O–H groups in total. The maximum Gasteiger partial charge on any atom is 0.312 e. The van der Waals surface area contributed by atoms with E-state index in [1.165, 1.54) is 18.5 Å². The van der Waals surface area contributed by atoms with E-state index in [9.17, 15) is 4.79 Å². The quantitative estimate of drug-likeness (QED) is 0.718. The van der Waals surface area contributed by atoms with Crippen molar-refractivity contribution in [3.05, 3.63) is 35.9 Å². The molecule has 0 spiro atoms. The summed E-state index contributed by atoms with van der Waals surface area (Å²) < 4.78 is 0. The van der Waals surface area contributed by atoms with E-state index in [-0.39, 0.29) is 0 Å². The lowest BCUT2D eigenvalue weighted by Gasteiger charge is -2.30. The van der Waals surface area contributed by atoms with Gasteiger partial charge in [-0.1, -0.05) is 37.3 Å². The highest BCUT2D eigenvalue weighted by atomic mass is 16.2. The van der Waals surface area contributed by atoms with Crippen LogP contribution >= 0.6 is 0 Å². The van der Waals surface area contributed by atoms with Gasteiger partial charge in [0.25, 0.3) is 0 Å². The number of amides is 2. The number of benzene rings is 1. The predicted molar refractivity (Wildman–Crippen MR) is 108 cm³/mol. The molecular formula is C20H38N4O. The molecule has 5 heteroatoms. The molecule has 1 aromatic rings. The van der Waals surface area contributed by atoms with E-state index in [0.717, 1.165) is 13.1 Å². The van der Waals surface area contributed by atoms with Crippen LogP contribution in [0.25, 0.3) is 0 Å². The maximum atomic E-state index is 10.4. The van der Waals surface area contributed by atoms with Gasteiger partial charge in [-0.3, -0.25) is 4.90 Å². The molecule has 0 unspecified atom stereocenters. The minimum atomic E-state index is -0.451. The molecule has 1 rings (SSSR count). The van der Waals surface area contributed by atoms with Crippen LogP contribution in [0.1, 0.15) is 46.6 Å². The predicted octanol–water partition coefficient (Wildman–Crippen LogP) is 3.30. The third kappa shape index (κ3) is 12.4. The summed E-state index contributed by atoms with van der Waals surface area (Å²) in [5.74, 6) is 0.